The van der Waals surface area contributed by atoms with Crippen LogP contribution in [0.15, 0.2) is 54.6 Å². The minimum Gasteiger partial charge on any atom is -0.399 e. The summed E-state index contributed by atoms with van der Waals surface area (Å²) in [6.45, 7) is 8.28. The van der Waals surface area contributed by atoms with E-state index in [1.54, 1.807) is 0 Å². The van der Waals surface area contributed by atoms with Crippen LogP contribution in [0.3, 0.4) is 0 Å². The lowest BCUT2D eigenvalue weighted by molar-refractivity contribution is 0.00578. The molecule has 114 valence electrons. The quantitative estimate of drug-likeness (QED) is 0.875. The van der Waals surface area contributed by atoms with Crippen LogP contribution in [-0.2, 0) is 9.31 Å². The molecule has 0 aromatic heterocycles. The Hall–Kier alpha value is -1.78. The lowest BCUT2D eigenvalue weighted by atomic mass is 9.78. The third-order valence-corrected chi connectivity index (χ3v) is 4.52. The van der Waals surface area contributed by atoms with Crippen LogP contribution < -0.4 is 10.8 Å². The molecule has 0 radical (unpaired) electrons. The van der Waals surface area contributed by atoms with Crippen molar-refractivity contribution in [2.45, 2.75) is 38.9 Å². The van der Waals surface area contributed by atoms with Crippen molar-refractivity contribution in [3.8, 4) is 0 Å². The highest BCUT2D eigenvalue weighted by molar-refractivity contribution is 6.64. The fraction of sp³-hybridized carbons (Fsp3) is 0.333. The maximum absolute atomic E-state index is 6.17. The Morgan fingerprint density at radius 1 is 0.773 bits per heavy atom. The van der Waals surface area contributed by atoms with Crippen LogP contribution in [-0.4, -0.2) is 18.3 Å². The van der Waals surface area contributed by atoms with E-state index in [-0.39, 0.29) is 18.3 Å². The molecule has 1 N–H and O–H groups in total. The van der Waals surface area contributed by atoms with Crippen molar-refractivity contribution in [3.63, 3.8) is 0 Å². The van der Waals surface area contributed by atoms with Crippen LogP contribution in [0, 0.1) is 0 Å². The molecule has 0 saturated carbocycles. The predicted molar refractivity (Wildman–Crippen MR) is 91.9 cm³/mol. The highest BCUT2D eigenvalue weighted by Gasteiger charge is 2.52. The Labute approximate surface area is 132 Å². The first-order valence-corrected chi connectivity index (χ1v) is 7.66. The van der Waals surface area contributed by atoms with Crippen molar-refractivity contribution in [3.05, 3.63) is 54.6 Å². The molecular formula is C18H22BNO2. The fourth-order valence-corrected chi connectivity index (χ4v) is 2.46. The topological polar surface area (TPSA) is 30.5 Å². The molecule has 1 heterocycles. The van der Waals surface area contributed by atoms with Gasteiger partial charge in [-0.25, -0.2) is 0 Å². The van der Waals surface area contributed by atoms with E-state index in [2.05, 4.69) is 33.0 Å². The van der Waals surface area contributed by atoms with Crippen molar-refractivity contribution in [1.82, 2.24) is 0 Å². The molecule has 0 aliphatic carbocycles. The van der Waals surface area contributed by atoms with E-state index in [1.165, 1.54) is 0 Å². The van der Waals surface area contributed by atoms with Gasteiger partial charge in [0.25, 0.3) is 0 Å². The zero-order valence-electron chi connectivity index (χ0n) is 13.6. The summed E-state index contributed by atoms with van der Waals surface area (Å²) in [7, 11) is -0.364. The highest BCUT2D eigenvalue weighted by atomic mass is 16.7. The minimum absolute atomic E-state index is 0.336. The maximum atomic E-state index is 6.17. The number of rotatable bonds is 3. The second-order valence-corrected chi connectivity index (χ2v) is 6.67. The van der Waals surface area contributed by atoms with Crippen LogP contribution in [0.5, 0.6) is 0 Å². The molecular weight excluding hydrogens is 273 g/mol. The normalized spacial score (nSPS) is 19.2. The molecule has 0 atom stereocenters. The van der Waals surface area contributed by atoms with Crippen molar-refractivity contribution in [1.29, 1.82) is 0 Å². The minimum atomic E-state index is -0.364. The van der Waals surface area contributed by atoms with Gasteiger partial charge in [0.05, 0.1) is 11.2 Å². The number of hydrogen-bond donors (Lipinski definition) is 1. The molecule has 1 aliphatic rings. The Morgan fingerprint density at radius 3 is 1.95 bits per heavy atom. The van der Waals surface area contributed by atoms with Gasteiger partial charge in [0.15, 0.2) is 0 Å². The van der Waals surface area contributed by atoms with Crippen LogP contribution in [0.2, 0.25) is 0 Å². The molecule has 0 bridgehead atoms. The first kappa shape index (κ1) is 15.1. The van der Waals surface area contributed by atoms with E-state index >= 15 is 0 Å². The molecule has 2 aromatic rings. The summed E-state index contributed by atoms with van der Waals surface area (Å²) in [5, 5.41) is 3.44. The molecule has 0 spiro atoms. The van der Waals surface area contributed by atoms with Crippen LogP contribution in [0.25, 0.3) is 0 Å². The van der Waals surface area contributed by atoms with E-state index < -0.39 is 0 Å². The van der Waals surface area contributed by atoms with E-state index in [0.29, 0.717) is 0 Å². The summed E-state index contributed by atoms with van der Waals surface area (Å²) in [6.07, 6.45) is 0. The fourth-order valence-electron chi connectivity index (χ4n) is 2.46. The summed E-state index contributed by atoms with van der Waals surface area (Å²) >= 11 is 0. The molecule has 3 nitrogen and oxygen atoms in total. The van der Waals surface area contributed by atoms with Crippen LogP contribution in [0.1, 0.15) is 27.7 Å². The number of hydrogen-bond acceptors (Lipinski definition) is 3. The maximum Gasteiger partial charge on any atom is 0.496 e. The van der Waals surface area contributed by atoms with Gasteiger partial charge >= 0.3 is 7.12 Å². The number of benzene rings is 2. The Balaban J connectivity index is 1.90. The second-order valence-electron chi connectivity index (χ2n) is 6.67. The number of para-hydroxylation sites is 2. The first-order valence-electron chi connectivity index (χ1n) is 7.66. The Bertz CT molecular complexity index is 639. The lowest BCUT2D eigenvalue weighted by Crippen LogP contribution is -2.41. The zero-order valence-corrected chi connectivity index (χ0v) is 13.6. The second kappa shape index (κ2) is 5.45. The van der Waals surface area contributed by atoms with Crippen molar-refractivity contribution in [2.75, 3.05) is 5.32 Å². The van der Waals surface area contributed by atoms with Gasteiger partial charge in [-0.05, 0) is 45.9 Å². The lowest BCUT2D eigenvalue weighted by Gasteiger charge is -2.32. The summed E-state index contributed by atoms with van der Waals surface area (Å²) in [4.78, 5) is 0. The molecule has 3 rings (SSSR count). The molecule has 0 amide bonds. The standard InChI is InChI=1S/C18H22BNO2/c1-17(2)18(3,4)22-19(21-17)15-12-8-9-13-16(15)20-14-10-6-5-7-11-14/h5-13,20H,1-4H3. The van der Waals surface area contributed by atoms with Crippen molar-refractivity contribution < 1.29 is 9.31 Å². The molecule has 2 aromatic carbocycles. The zero-order chi connectivity index (χ0) is 15.8. The van der Waals surface area contributed by atoms with Gasteiger partial charge in [0.2, 0.25) is 0 Å². The summed E-state index contributed by atoms with van der Waals surface area (Å²) in [5.41, 5.74) is 2.40. The van der Waals surface area contributed by atoms with Crippen molar-refractivity contribution >= 4 is 24.0 Å². The predicted octanol–water partition coefficient (Wildman–Crippen LogP) is 3.73. The van der Waals surface area contributed by atoms with E-state index in [0.717, 1.165) is 16.8 Å². The molecule has 4 heteroatoms. The molecule has 22 heavy (non-hydrogen) atoms. The third-order valence-electron chi connectivity index (χ3n) is 4.52. The van der Waals surface area contributed by atoms with Crippen LogP contribution in [0.4, 0.5) is 11.4 Å². The smallest absolute Gasteiger partial charge is 0.399 e. The number of nitrogens with one attached hydrogen (secondary N) is 1. The van der Waals surface area contributed by atoms with Gasteiger partial charge in [-0.3, -0.25) is 0 Å². The third kappa shape index (κ3) is 2.76. The van der Waals surface area contributed by atoms with Gasteiger partial charge in [0, 0.05) is 16.8 Å². The average molecular weight is 295 g/mol. The van der Waals surface area contributed by atoms with Gasteiger partial charge < -0.3 is 14.6 Å². The first-order chi connectivity index (χ1) is 10.4. The van der Waals surface area contributed by atoms with Gasteiger partial charge in [-0.15, -0.1) is 0 Å². The molecule has 1 fully saturated rings. The summed E-state index contributed by atoms with van der Waals surface area (Å²) in [6, 6.07) is 18.2. The average Bonchev–Trinajstić information content (AvgIpc) is 2.69. The highest BCUT2D eigenvalue weighted by Crippen LogP contribution is 2.37. The number of anilines is 2. The molecule has 1 aliphatic heterocycles. The Kier molecular flexibility index (Phi) is 3.75. The van der Waals surface area contributed by atoms with E-state index in [4.69, 9.17) is 9.31 Å². The molecule has 1 saturated heterocycles. The summed E-state index contributed by atoms with van der Waals surface area (Å²) < 4.78 is 12.3. The van der Waals surface area contributed by atoms with Gasteiger partial charge in [-0.2, -0.15) is 0 Å². The Morgan fingerprint density at radius 2 is 1.32 bits per heavy atom. The van der Waals surface area contributed by atoms with E-state index in [1.807, 2.05) is 54.6 Å². The van der Waals surface area contributed by atoms with Crippen LogP contribution >= 0.6 is 0 Å². The largest absolute Gasteiger partial charge is 0.496 e. The SMILES string of the molecule is CC1(C)OB(c2ccccc2Nc2ccccc2)OC1(C)C. The van der Waals surface area contributed by atoms with Gasteiger partial charge in [-0.1, -0.05) is 36.4 Å². The monoisotopic (exact) mass is 295 g/mol. The molecule has 0 unspecified atom stereocenters. The van der Waals surface area contributed by atoms with E-state index in [9.17, 15) is 0 Å². The summed E-state index contributed by atoms with van der Waals surface area (Å²) in [5.74, 6) is 0. The van der Waals surface area contributed by atoms with Gasteiger partial charge in [0.1, 0.15) is 0 Å². The van der Waals surface area contributed by atoms with Crippen molar-refractivity contribution in [2.24, 2.45) is 0 Å².